The summed E-state index contributed by atoms with van der Waals surface area (Å²) in [7, 11) is 0. The quantitative estimate of drug-likeness (QED) is 0.735. The summed E-state index contributed by atoms with van der Waals surface area (Å²) >= 11 is 0. The fourth-order valence-corrected chi connectivity index (χ4v) is 4.64. The third-order valence-corrected chi connectivity index (χ3v) is 6.03. The van der Waals surface area contributed by atoms with Crippen LogP contribution in [0.4, 0.5) is 13.6 Å². The van der Waals surface area contributed by atoms with Gasteiger partial charge in [-0.25, -0.2) is 18.4 Å². The molecule has 2 N–H and O–H groups in total. The van der Waals surface area contributed by atoms with Crippen LogP contribution in [-0.4, -0.2) is 35.7 Å². The number of hydrogen-bond donors (Lipinski definition) is 2. The van der Waals surface area contributed by atoms with E-state index in [0.29, 0.717) is 6.42 Å². The van der Waals surface area contributed by atoms with E-state index in [9.17, 15) is 23.5 Å². The SMILES string of the molecule is O=C(N[C@H](C(=O)O)[C@H]1CCCC(F)(F)C1)OCC1c2ccccc2-c2ccccc21. The van der Waals surface area contributed by atoms with E-state index in [1.165, 1.54) is 0 Å². The summed E-state index contributed by atoms with van der Waals surface area (Å²) in [5, 5.41) is 11.8. The van der Waals surface area contributed by atoms with Gasteiger partial charge in [-0.3, -0.25) is 0 Å². The topological polar surface area (TPSA) is 75.6 Å². The number of ether oxygens (including phenoxy) is 1. The van der Waals surface area contributed by atoms with Crippen molar-refractivity contribution < 1.29 is 28.2 Å². The molecule has 1 saturated carbocycles. The summed E-state index contributed by atoms with van der Waals surface area (Å²) in [6.45, 7) is 0.0347. The number of hydrogen-bond acceptors (Lipinski definition) is 3. The van der Waals surface area contributed by atoms with Gasteiger partial charge in [0.05, 0.1) is 0 Å². The molecule has 2 aliphatic rings. The number of carboxylic acids is 1. The summed E-state index contributed by atoms with van der Waals surface area (Å²) in [5.41, 5.74) is 4.23. The Labute approximate surface area is 173 Å². The zero-order valence-corrected chi connectivity index (χ0v) is 16.3. The number of carboxylic acid groups (broad SMARTS) is 1. The molecule has 4 rings (SSSR count). The number of rotatable bonds is 5. The van der Waals surface area contributed by atoms with E-state index in [4.69, 9.17) is 4.74 Å². The molecule has 0 unspecified atom stereocenters. The number of alkyl halides is 2. The Morgan fingerprint density at radius 1 is 1.10 bits per heavy atom. The molecule has 7 heteroatoms. The lowest BCUT2D eigenvalue weighted by Gasteiger charge is -2.32. The molecule has 0 bridgehead atoms. The van der Waals surface area contributed by atoms with Crippen LogP contribution in [-0.2, 0) is 9.53 Å². The molecular formula is C23H23F2NO4. The highest BCUT2D eigenvalue weighted by Gasteiger charge is 2.42. The number of carbonyl (C=O) groups excluding carboxylic acids is 1. The van der Waals surface area contributed by atoms with Gasteiger partial charge in [0, 0.05) is 18.8 Å². The van der Waals surface area contributed by atoms with E-state index >= 15 is 0 Å². The average molecular weight is 415 g/mol. The second-order valence-corrected chi connectivity index (χ2v) is 8.00. The number of benzene rings is 2. The van der Waals surface area contributed by atoms with Crippen LogP contribution in [0, 0.1) is 5.92 Å². The molecular weight excluding hydrogens is 392 g/mol. The molecule has 2 aromatic carbocycles. The highest BCUT2D eigenvalue weighted by atomic mass is 19.3. The molecule has 0 saturated heterocycles. The third kappa shape index (κ3) is 4.01. The van der Waals surface area contributed by atoms with Crippen molar-refractivity contribution in [3.8, 4) is 11.1 Å². The number of fused-ring (bicyclic) bond motifs is 3. The predicted octanol–water partition coefficient (Wildman–Crippen LogP) is 4.80. The first-order chi connectivity index (χ1) is 14.4. The maximum atomic E-state index is 13.7. The Balaban J connectivity index is 1.44. The van der Waals surface area contributed by atoms with Crippen LogP contribution in [0.5, 0.6) is 0 Å². The third-order valence-electron chi connectivity index (χ3n) is 6.03. The molecule has 5 nitrogen and oxygen atoms in total. The zero-order valence-electron chi connectivity index (χ0n) is 16.3. The van der Waals surface area contributed by atoms with Crippen LogP contribution in [0.25, 0.3) is 11.1 Å². The van der Waals surface area contributed by atoms with Crippen LogP contribution in [0.1, 0.15) is 42.7 Å². The molecule has 30 heavy (non-hydrogen) atoms. The molecule has 0 heterocycles. The minimum atomic E-state index is -2.90. The summed E-state index contributed by atoms with van der Waals surface area (Å²) < 4.78 is 32.8. The summed E-state index contributed by atoms with van der Waals surface area (Å²) in [6, 6.07) is 14.3. The number of nitrogens with one attached hydrogen (secondary N) is 1. The highest BCUT2D eigenvalue weighted by Crippen LogP contribution is 2.44. The second kappa shape index (κ2) is 8.05. The molecule has 2 aromatic rings. The molecule has 0 aromatic heterocycles. The lowest BCUT2D eigenvalue weighted by Crippen LogP contribution is -2.49. The van der Waals surface area contributed by atoms with Gasteiger partial charge in [-0.05, 0) is 41.0 Å². The van der Waals surface area contributed by atoms with Gasteiger partial charge in [-0.1, -0.05) is 48.5 Å². The maximum absolute atomic E-state index is 13.7. The first-order valence-corrected chi connectivity index (χ1v) is 10.1. The number of alkyl carbamates (subject to hydrolysis) is 1. The van der Waals surface area contributed by atoms with Crippen LogP contribution in [0.3, 0.4) is 0 Å². The number of amides is 1. The Morgan fingerprint density at radius 2 is 1.70 bits per heavy atom. The summed E-state index contributed by atoms with van der Waals surface area (Å²) in [6.07, 6.45) is -1.14. The molecule has 1 amide bonds. The van der Waals surface area contributed by atoms with Crippen molar-refractivity contribution in [1.82, 2.24) is 5.32 Å². The van der Waals surface area contributed by atoms with Gasteiger partial charge >= 0.3 is 12.1 Å². The van der Waals surface area contributed by atoms with Gasteiger partial charge in [-0.2, -0.15) is 0 Å². The highest BCUT2D eigenvalue weighted by molar-refractivity contribution is 5.81. The van der Waals surface area contributed by atoms with Crippen molar-refractivity contribution in [2.75, 3.05) is 6.61 Å². The Bertz CT molecular complexity index is 916. The van der Waals surface area contributed by atoms with Crippen molar-refractivity contribution >= 4 is 12.1 Å². The minimum absolute atomic E-state index is 0.0347. The Hall–Kier alpha value is -2.96. The lowest BCUT2D eigenvalue weighted by molar-refractivity contribution is -0.143. The van der Waals surface area contributed by atoms with Gasteiger partial charge in [-0.15, -0.1) is 0 Å². The summed E-state index contributed by atoms with van der Waals surface area (Å²) in [5.74, 6) is -5.22. The maximum Gasteiger partial charge on any atom is 0.407 e. The van der Waals surface area contributed by atoms with Crippen molar-refractivity contribution in [3.63, 3.8) is 0 Å². The van der Waals surface area contributed by atoms with E-state index in [-0.39, 0.29) is 25.4 Å². The molecule has 1 fully saturated rings. The first kappa shape index (κ1) is 20.3. The van der Waals surface area contributed by atoms with Gasteiger partial charge in [0.25, 0.3) is 0 Å². The van der Waals surface area contributed by atoms with Gasteiger partial charge in [0.15, 0.2) is 0 Å². The van der Waals surface area contributed by atoms with E-state index in [0.717, 1.165) is 22.3 Å². The number of aliphatic carboxylic acids is 1. The second-order valence-electron chi connectivity index (χ2n) is 8.00. The van der Waals surface area contributed by atoms with Crippen molar-refractivity contribution in [3.05, 3.63) is 59.7 Å². The molecule has 2 aliphatic carbocycles. The Kier molecular flexibility index (Phi) is 5.45. The van der Waals surface area contributed by atoms with Crippen LogP contribution in [0.2, 0.25) is 0 Å². The smallest absolute Gasteiger partial charge is 0.407 e. The average Bonchev–Trinajstić information content (AvgIpc) is 3.03. The van der Waals surface area contributed by atoms with E-state index in [1.807, 2.05) is 48.5 Å². The van der Waals surface area contributed by atoms with Crippen molar-refractivity contribution in [2.24, 2.45) is 5.92 Å². The first-order valence-electron chi connectivity index (χ1n) is 10.1. The van der Waals surface area contributed by atoms with E-state index < -0.39 is 36.4 Å². The monoisotopic (exact) mass is 415 g/mol. The molecule has 0 radical (unpaired) electrons. The fraction of sp³-hybridized carbons (Fsp3) is 0.391. The Morgan fingerprint density at radius 3 is 2.27 bits per heavy atom. The van der Waals surface area contributed by atoms with Crippen LogP contribution < -0.4 is 5.32 Å². The fourth-order valence-electron chi connectivity index (χ4n) is 4.64. The normalized spacial score (nSPS) is 20.7. The van der Waals surface area contributed by atoms with Crippen LogP contribution >= 0.6 is 0 Å². The lowest BCUT2D eigenvalue weighted by atomic mass is 9.82. The number of halogens is 2. The molecule has 158 valence electrons. The van der Waals surface area contributed by atoms with Gasteiger partial charge in [0.1, 0.15) is 12.6 Å². The minimum Gasteiger partial charge on any atom is -0.480 e. The van der Waals surface area contributed by atoms with E-state index in [1.54, 1.807) is 0 Å². The van der Waals surface area contributed by atoms with Gasteiger partial charge < -0.3 is 15.2 Å². The van der Waals surface area contributed by atoms with Crippen molar-refractivity contribution in [2.45, 2.75) is 43.6 Å². The van der Waals surface area contributed by atoms with E-state index in [2.05, 4.69) is 5.32 Å². The molecule has 2 atom stereocenters. The summed E-state index contributed by atoms with van der Waals surface area (Å²) in [4.78, 5) is 24.0. The molecule has 0 spiro atoms. The number of carbonyl (C=O) groups is 2. The predicted molar refractivity (Wildman–Crippen MR) is 107 cm³/mol. The molecule has 0 aliphatic heterocycles. The zero-order chi connectivity index (χ0) is 21.3. The van der Waals surface area contributed by atoms with Crippen LogP contribution in [0.15, 0.2) is 48.5 Å². The van der Waals surface area contributed by atoms with Gasteiger partial charge in [0.2, 0.25) is 5.92 Å². The van der Waals surface area contributed by atoms with Crippen molar-refractivity contribution in [1.29, 1.82) is 0 Å². The standard InChI is InChI=1S/C23H23F2NO4/c24-23(25)11-5-6-14(12-23)20(21(27)28)26-22(29)30-13-19-17-9-3-1-7-15(17)16-8-2-4-10-18(16)19/h1-4,7-10,14,19-20H,5-6,11-13H2,(H,26,29)(H,27,28)/t14-,20-/m0/s1. The largest absolute Gasteiger partial charge is 0.480 e.